The first kappa shape index (κ1) is 21.7. The van der Waals surface area contributed by atoms with Gasteiger partial charge in [0.05, 0.1) is 18.7 Å². The number of β-amino-alcohol motifs (C(OH)–C–C–N with tert-alkyl or cyclic N) is 1. The molecule has 2 amide bonds. The van der Waals surface area contributed by atoms with Crippen molar-refractivity contribution in [2.75, 3.05) is 19.7 Å². The van der Waals surface area contributed by atoms with Crippen molar-refractivity contribution < 1.29 is 24.2 Å². The maximum Gasteiger partial charge on any atom is 0.410 e. The Morgan fingerprint density at radius 1 is 1.31 bits per heavy atom. The molecule has 0 bridgehead atoms. The van der Waals surface area contributed by atoms with Gasteiger partial charge in [-0.3, -0.25) is 4.79 Å². The first-order chi connectivity index (χ1) is 15.0. The Morgan fingerprint density at radius 2 is 2.09 bits per heavy atom. The van der Waals surface area contributed by atoms with Gasteiger partial charge in [0.2, 0.25) is 0 Å². The van der Waals surface area contributed by atoms with Crippen molar-refractivity contribution in [1.29, 1.82) is 0 Å². The summed E-state index contributed by atoms with van der Waals surface area (Å²) in [6.45, 7) is 6.80. The molecular formula is C23H26N4O5. The van der Waals surface area contributed by atoms with Gasteiger partial charge < -0.3 is 29.8 Å². The summed E-state index contributed by atoms with van der Waals surface area (Å²) in [5.41, 5.74) is 4.98. The number of aromatic nitrogens is 2. The number of fused-ring (bicyclic) bond motifs is 3. The molecule has 0 aliphatic carbocycles. The van der Waals surface area contributed by atoms with Gasteiger partial charge in [0.1, 0.15) is 35.1 Å². The molecule has 1 unspecified atom stereocenters. The quantitative estimate of drug-likeness (QED) is 0.655. The van der Waals surface area contributed by atoms with Crippen molar-refractivity contribution >= 4 is 12.0 Å². The maximum atomic E-state index is 12.3. The molecule has 32 heavy (non-hydrogen) atoms. The van der Waals surface area contributed by atoms with E-state index in [0.29, 0.717) is 48.8 Å². The molecule has 0 radical (unpaired) electrons. The number of carbonyl (C=O) groups is 2. The van der Waals surface area contributed by atoms with Crippen LogP contribution in [0.15, 0.2) is 24.4 Å². The molecule has 1 fully saturated rings. The Balaban J connectivity index is 1.57. The first-order valence-corrected chi connectivity index (χ1v) is 10.4. The molecule has 9 nitrogen and oxygen atoms in total. The predicted octanol–water partition coefficient (Wildman–Crippen LogP) is 1.76. The van der Waals surface area contributed by atoms with E-state index in [9.17, 15) is 14.7 Å². The third kappa shape index (κ3) is 4.55. The lowest BCUT2D eigenvalue weighted by Crippen LogP contribution is -2.38. The van der Waals surface area contributed by atoms with E-state index in [1.807, 2.05) is 4.57 Å². The van der Waals surface area contributed by atoms with Crippen molar-refractivity contribution in [1.82, 2.24) is 14.5 Å². The number of benzene rings is 1. The molecule has 2 aliphatic heterocycles. The van der Waals surface area contributed by atoms with E-state index in [0.717, 1.165) is 0 Å². The van der Waals surface area contributed by atoms with Gasteiger partial charge in [0.25, 0.3) is 5.91 Å². The number of primary amides is 1. The predicted molar refractivity (Wildman–Crippen MR) is 116 cm³/mol. The van der Waals surface area contributed by atoms with Crippen LogP contribution in [0.4, 0.5) is 4.79 Å². The van der Waals surface area contributed by atoms with Crippen LogP contribution in [0.3, 0.4) is 0 Å². The zero-order valence-electron chi connectivity index (χ0n) is 18.3. The van der Waals surface area contributed by atoms with Gasteiger partial charge >= 0.3 is 6.09 Å². The second-order valence-corrected chi connectivity index (χ2v) is 9.00. The molecule has 0 spiro atoms. The van der Waals surface area contributed by atoms with E-state index in [1.165, 1.54) is 4.90 Å². The topological polar surface area (TPSA) is 120 Å². The van der Waals surface area contributed by atoms with Crippen molar-refractivity contribution in [3.05, 3.63) is 35.7 Å². The fourth-order valence-electron chi connectivity index (χ4n) is 3.65. The zero-order chi connectivity index (χ0) is 23.1. The van der Waals surface area contributed by atoms with Crippen LogP contribution in [-0.4, -0.2) is 62.5 Å². The van der Waals surface area contributed by atoms with Crippen molar-refractivity contribution in [2.45, 2.75) is 44.9 Å². The maximum absolute atomic E-state index is 12.3. The molecule has 2 aromatic rings. The van der Waals surface area contributed by atoms with Crippen LogP contribution in [0, 0.1) is 11.8 Å². The summed E-state index contributed by atoms with van der Waals surface area (Å²) in [7, 11) is 0. The first-order valence-electron chi connectivity index (χ1n) is 10.4. The monoisotopic (exact) mass is 438 g/mol. The molecule has 0 saturated carbocycles. The number of aliphatic hydroxyl groups is 1. The van der Waals surface area contributed by atoms with Gasteiger partial charge in [-0.1, -0.05) is 11.8 Å². The summed E-state index contributed by atoms with van der Waals surface area (Å²) < 4.78 is 13.0. The molecule has 4 rings (SSSR count). The molecule has 3 heterocycles. The highest BCUT2D eigenvalue weighted by molar-refractivity contribution is 5.91. The van der Waals surface area contributed by atoms with Gasteiger partial charge in [-0.15, -0.1) is 0 Å². The second kappa shape index (κ2) is 7.88. The van der Waals surface area contributed by atoms with Crippen molar-refractivity contribution in [3.8, 4) is 29.0 Å². The SMILES string of the molecule is CC(C)(C)OC(=O)N1CCC(O)(C#Cc2ccc3c(c2)-c2nc(C(N)=O)cn2CCO3)C1. The third-order valence-electron chi connectivity index (χ3n) is 5.18. The summed E-state index contributed by atoms with van der Waals surface area (Å²) >= 11 is 0. The summed E-state index contributed by atoms with van der Waals surface area (Å²) in [5, 5.41) is 10.9. The molecule has 1 saturated heterocycles. The van der Waals surface area contributed by atoms with E-state index >= 15 is 0 Å². The van der Waals surface area contributed by atoms with E-state index in [1.54, 1.807) is 45.2 Å². The summed E-state index contributed by atoms with van der Waals surface area (Å²) in [4.78, 5) is 29.6. The number of ether oxygens (including phenoxy) is 2. The number of likely N-dealkylation sites (tertiary alicyclic amines) is 1. The summed E-state index contributed by atoms with van der Waals surface area (Å²) in [6.07, 6.45) is 1.48. The average Bonchev–Trinajstić information content (AvgIpc) is 3.27. The highest BCUT2D eigenvalue weighted by atomic mass is 16.6. The highest BCUT2D eigenvalue weighted by Crippen LogP contribution is 2.33. The van der Waals surface area contributed by atoms with Crippen molar-refractivity contribution in [3.63, 3.8) is 0 Å². The smallest absolute Gasteiger partial charge is 0.410 e. The minimum absolute atomic E-state index is 0.0787. The summed E-state index contributed by atoms with van der Waals surface area (Å²) in [5.74, 6) is 6.52. The van der Waals surface area contributed by atoms with Gasteiger partial charge in [0.15, 0.2) is 0 Å². The zero-order valence-corrected chi connectivity index (χ0v) is 18.3. The fraction of sp³-hybridized carbons (Fsp3) is 0.435. The number of amides is 2. The van der Waals surface area contributed by atoms with Gasteiger partial charge in [-0.25, -0.2) is 9.78 Å². The average molecular weight is 438 g/mol. The minimum Gasteiger partial charge on any atom is -0.491 e. The summed E-state index contributed by atoms with van der Waals surface area (Å²) in [6, 6.07) is 5.39. The largest absolute Gasteiger partial charge is 0.491 e. The molecule has 168 valence electrons. The van der Waals surface area contributed by atoms with Crippen molar-refractivity contribution in [2.24, 2.45) is 5.73 Å². The molecule has 1 atom stereocenters. The van der Waals surface area contributed by atoms with E-state index in [4.69, 9.17) is 15.2 Å². The van der Waals surface area contributed by atoms with Crippen LogP contribution in [-0.2, 0) is 11.3 Å². The van der Waals surface area contributed by atoms with Crippen LogP contribution in [0.25, 0.3) is 11.4 Å². The number of hydrogen-bond acceptors (Lipinski definition) is 6. The molecule has 1 aromatic carbocycles. The highest BCUT2D eigenvalue weighted by Gasteiger charge is 2.38. The van der Waals surface area contributed by atoms with Gasteiger partial charge in [-0.05, 0) is 39.0 Å². The number of imidazole rings is 1. The second-order valence-electron chi connectivity index (χ2n) is 9.00. The molecule has 1 aromatic heterocycles. The minimum atomic E-state index is -1.32. The van der Waals surface area contributed by atoms with Crippen LogP contribution >= 0.6 is 0 Å². The third-order valence-corrected chi connectivity index (χ3v) is 5.18. The Morgan fingerprint density at radius 3 is 2.81 bits per heavy atom. The standard InChI is InChI=1S/C23H26N4O5/c1-22(2,3)32-21(29)27-9-8-23(30,14-27)7-6-15-4-5-18-16(12-15)20-25-17(19(24)28)13-26(20)10-11-31-18/h4-5,12-13,30H,8-11,14H2,1-3H3,(H2,24,28). The van der Waals surface area contributed by atoms with Gasteiger partial charge in [-0.2, -0.15) is 0 Å². The van der Waals surface area contributed by atoms with E-state index in [2.05, 4.69) is 16.8 Å². The van der Waals surface area contributed by atoms with E-state index in [-0.39, 0.29) is 12.2 Å². The van der Waals surface area contributed by atoms with Crippen LogP contribution in [0.5, 0.6) is 5.75 Å². The lowest BCUT2D eigenvalue weighted by Gasteiger charge is -2.24. The van der Waals surface area contributed by atoms with Crippen LogP contribution < -0.4 is 10.5 Å². The fourth-order valence-corrected chi connectivity index (χ4v) is 3.65. The van der Waals surface area contributed by atoms with Crippen LogP contribution in [0.1, 0.15) is 43.2 Å². The molecule has 3 N–H and O–H groups in total. The number of hydrogen-bond donors (Lipinski definition) is 2. The molecular weight excluding hydrogens is 412 g/mol. The normalized spacial score (nSPS) is 19.7. The Bertz CT molecular complexity index is 1140. The Labute approximate surface area is 186 Å². The number of rotatable bonds is 1. The van der Waals surface area contributed by atoms with Crippen LogP contribution in [0.2, 0.25) is 0 Å². The lowest BCUT2D eigenvalue weighted by atomic mass is 10.0. The molecule has 9 heteroatoms. The van der Waals surface area contributed by atoms with Gasteiger partial charge in [0, 0.05) is 24.7 Å². The molecule has 2 aliphatic rings. The lowest BCUT2D eigenvalue weighted by molar-refractivity contribution is 0.0239. The Hall–Kier alpha value is -3.51. The number of nitrogens with two attached hydrogens (primary N) is 1. The number of nitrogens with zero attached hydrogens (tertiary/aromatic N) is 3. The Kier molecular flexibility index (Phi) is 5.34. The number of carbonyl (C=O) groups excluding carboxylic acids is 2. The van der Waals surface area contributed by atoms with E-state index < -0.39 is 23.2 Å².